The maximum absolute atomic E-state index is 13.5. The Kier molecular flexibility index (Phi) is 6.38. The number of imide groups is 1. The lowest BCUT2D eigenvalue weighted by Gasteiger charge is -2.36. The van der Waals surface area contributed by atoms with Gasteiger partial charge in [0.15, 0.2) is 0 Å². The van der Waals surface area contributed by atoms with Crippen molar-refractivity contribution in [1.82, 2.24) is 14.8 Å². The van der Waals surface area contributed by atoms with Crippen LogP contribution in [0.1, 0.15) is 57.1 Å². The molecule has 0 aliphatic carbocycles. The molecule has 5 rings (SSSR count). The van der Waals surface area contributed by atoms with E-state index in [2.05, 4.69) is 9.88 Å². The molecule has 0 bridgehead atoms. The molecule has 0 spiro atoms. The molecule has 2 aromatic carbocycles. The van der Waals surface area contributed by atoms with Crippen LogP contribution in [0.5, 0.6) is 0 Å². The number of fused-ring (bicyclic) bond motifs is 1. The van der Waals surface area contributed by atoms with Crippen molar-refractivity contribution in [2.24, 2.45) is 5.92 Å². The number of rotatable bonds is 6. The first-order valence-electron chi connectivity index (χ1n) is 11.9. The summed E-state index contributed by atoms with van der Waals surface area (Å²) in [7, 11) is 1.84. The number of benzene rings is 2. The molecule has 1 saturated heterocycles. The van der Waals surface area contributed by atoms with Crippen LogP contribution in [-0.4, -0.2) is 52.6 Å². The monoisotopic (exact) mass is 488 g/mol. The predicted octanol–water partition coefficient (Wildman–Crippen LogP) is 4.38. The van der Waals surface area contributed by atoms with Crippen molar-refractivity contribution < 1.29 is 14.4 Å². The lowest BCUT2D eigenvalue weighted by Crippen LogP contribution is -2.44. The van der Waals surface area contributed by atoms with Gasteiger partial charge in [-0.15, -0.1) is 11.3 Å². The van der Waals surface area contributed by atoms with Gasteiger partial charge < -0.3 is 9.80 Å². The van der Waals surface area contributed by atoms with Gasteiger partial charge >= 0.3 is 0 Å². The largest absolute Gasteiger partial charge is 0.370 e. The first-order chi connectivity index (χ1) is 17.0. The average Bonchev–Trinajstić information content (AvgIpc) is 3.51. The van der Waals surface area contributed by atoms with Crippen molar-refractivity contribution >= 4 is 34.7 Å². The van der Waals surface area contributed by atoms with Gasteiger partial charge in [0.2, 0.25) is 5.91 Å². The minimum absolute atomic E-state index is 0.104. The van der Waals surface area contributed by atoms with Crippen LogP contribution >= 0.6 is 11.3 Å². The summed E-state index contributed by atoms with van der Waals surface area (Å²) in [5.74, 6) is -0.641. The van der Waals surface area contributed by atoms with Crippen LogP contribution in [0.4, 0.5) is 5.69 Å². The Labute approximate surface area is 209 Å². The first-order valence-corrected chi connectivity index (χ1v) is 12.8. The van der Waals surface area contributed by atoms with Crippen molar-refractivity contribution in [2.75, 3.05) is 25.0 Å². The fourth-order valence-electron chi connectivity index (χ4n) is 5.10. The second kappa shape index (κ2) is 9.62. The highest BCUT2D eigenvalue weighted by atomic mass is 32.1. The lowest BCUT2D eigenvalue weighted by molar-refractivity contribution is -0.135. The molecule has 7 nitrogen and oxygen atoms in total. The van der Waals surface area contributed by atoms with E-state index in [1.165, 1.54) is 16.2 Å². The van der Waals surface area contributed by atoms with Gasteiger partial charge in [0.25, 0.3) is 11.8 Å². The molecule has 2 atom stereocenters. The molecule has 0 saturated carbocycles. The summed E-state index contributed by atoms with van der Waals surface area (Å²) in [6, 6.07) is 15.0. The Morgan fingerprint density at radius 3 is 2.69 bits per heavy atom. The van der Waals surface area contributed by atoms with Crippen LogP contribution in [0.2, 0.25) is 0 Å². The molecule has 180 valence electrons. The van der Waals surface area contributed by atoms with Crippen LogP contribution in [0.25, 0.3) is 0 Å². The standard InChI is InChI=1S/C27H28N4O3S/c1-18(24-28-13-15-35-24)31-26(33)21-11-6-12-22(23(21)27(31)34)30-14-7-10-20(17-30)25(32)29(2)16-19-8-4-3-5-9-19/h3-6,8-9,11-13,15,18,20H,7,10,14,16-17H2,1-2H3/t18-,20-/m1/s1. The molecule has 3 amide bonds. The van der Waals surface area contributed by atoms with Crippen molar-refractivity contribution in [1.29, 1.82) is 0 Å². The number of thiazole rings is 1. The summed E-state index contributed by atoms with van der Waals surface area (Å²) in [6.07, 6.45) is 3.34. The zero-order valence-corrected chi connectivity index (χ0v) is 20.7. The number of carbonyl (C=O) groups is 3. The highest BCUT2D eigenvalue weighted by Gasteiger charge is 2.42. The van der Waals surface area contributed by atoms with Gasteiger partial charge in [-0.05, 0) is 37.5 Å². The van der Waals surface area contributed by atoms with E-state index in [0.29, 0.717) is 24.2 Å². The third-order valence-electron chi connectivity index (χ3n) is 6.87. The summed E-state index contributed by atoms with van der Waals surface area (Å²) in [5.41, 5.74) is 2.69. The number of nitrogens with zero attached hydrogens (tertiary/aromatic N) is 4. The molecule has 2 aliphatic heterocycles. The van der Waals surface area contributed by atoms with E-state index in [9.17, 15) is 14.4 Å². The third kappa shape index (κ3) is 4.34. The summed E-state index contributed by atoms with van der Waals surface area (Å²) < 4.78 is 0. The van der Waals surface area contributed by atoms with E-state index in [-0.39, 0.29) is 23.6 Å². The topological polar surface area (TPSA) is 73.8 Å². The number of carbonyl (C=O) groups excluding carboxylic acids is 3. The lowest BCUT2D eigenvalue weighted by atomic mass is 9.94. The Morgan fingerprint density at radius 1 is 1.14 bits per heavy atom. The minimum Gasteiger partial charge on any atom is -0.370 e. The van der Waals surface area contributed by atoms with E-state index < -0.39 is 6.04 Å². The maximum atomic E-state index is 13.5. The van der Waals surface area contributed by atoms with E-state index in [1.54, 1.807) is 17.2 Å². The number of hydrogen-bond acceptors (Lipinski definition) is 6. The van der Waals surface area contributed by atoms with Crippen LogP contribution in [-0.2, 0) is 11.3 Å². The Morgan fingerprint density at radius 2 is 1.94 bits per heavy atom. The van der Waals surface area contributed by atoms with Crippen LogP contribution < -0.4 is 4.90 Å². The normalized spacial score (nSPS) is 18.5. The highest BCUT2D eigenvalue weighted by Crippen LogP contribution is 2.38. The quantitative estimate of drug-likeness (QED) is 0.482. The van der Waals surface area contributed by atoms with E-state index in [4.69, 9.17) is 0 Å². The van der Waals surface area contributed by atoms with E-state index in [1.807, 2.05) is 61.8 Å². The maximum Gasteiger partial charge on any atom is 0.264 e. The Bertz CT molecular complexity index is 1240. The molecule has 2 aliphatic rings. The van der Waals surface area contributed by atoms with Crippen molar-refractivity contribution in [2.45, 2.75) is 32.4 Å². The summed E-state index contributed by atoms with van der Waals surface area (Å²) in [5, 5.41) is 2.57. The van der Waals surface area contributed by atoms with Gasteiger partial charge in [-0.2, -0.15) is 0 Å². The van der Waals surface area contributed by atoms with Gasteiger partial charge in [0, 0.05) is 38.3 Å². The van der Waals surface area contributed by atoms with Crippen molar-refractivity contribution in [3.8, 4) is 0 Å². The summed E-state index contributed by atoms with van der Waals surface area (Å²) in [6.45, 7) is 3.66. The zero-order chi connectivity index (χ0) is 24.5. The summed E-state index contributed by atoms with van der Waals surface area (Å²) >= 11 is 1.43. The molecule has 3 aromatic rings. The first kappa shape index (κ1) is 23.2. The molecule has 0 unspecified atom stereocenters. The predicted molar refractivity (Wildman–Crippen MR) is 135 cm³/mol. The van der Waals surface area contributed by atoms with Crippen LogP contribution in [0.3, 0.4) is 0 Å². The highest BCUT2D eigenvalue weighted by molar-refractivity contribution is 7.09. The second-order valence-corrected chi connectivity index (χ2v) is 10.1. The number of aromatic nitrogens is 1. The van der Waals surface area contributed by atoms with Gasteiger partial charge in [-0.1, -0.05) is 36.4 Å². The molecular formula is C27H28N4O3S. The fraction of sp³-hybridized carbons (Fsp3) is 0.333. The SMILES string of the molecule is C[C@H](c1nccs1)N1C(=O)c2cccc(N3CCC[C@@H](C(=O)N(C)Cc4ccccc4)C3)c2C1=O. The molecule has 3 heterocycles. The van der Waals surface area contributed by atoms with E-state index >= 15 is 0 Å². The molecule has 1 aromatic heterocycles. The fourth-order valence-corrected chi connectivity index (χ4v) is 5.78. The average molecular weight is 489 g/mol. The zero-order valence-electron chi connectivity index (χ0n) is 19.9. The van der Waals surface area contributed by atoms with Crippen LogP contribution in [0, 0.1) is 5.92 Å². The Hall–Kier alpha value is -3.52. The van der Waals surface area contributed by atoms with Crippen molar-refractivity contribution in [3.63, 3.8) is 0 Å². The van der Waals surface area contributed by atoms with Crippen LogP contribution in [0.15, 0.2) is 60.1 Å². The molecule has 0 radical (unpaired) electrons. The Balaban J connectivity index is 1.36. The number of anilines is 1. The van der Waals surface area contributed by atoms with Crippen molar-refractivity contribution in [3.05, 3.63) is 81.8 Å². The van der Waals surface area contributed by atoms with Gasteiger partial charge in [0.1, 0.15) is 5.01 Å². The van der Waals surface area contributed by atoms with Gasteiger partial charge in [-0.25, -0.2) is 4.98 Å². The number of hydrogen-bond donors (Lipinski definition) is 0. The third-order valence-corrected chi connectivity index (χ3v) is 7.82. The molecule has 0 N–H and O–H groups in total. The van der Waals surface area contributed by atoms with E-state index in [0.717, 1.165) is 35.6 Å². The molecule has 35 heavy (non-hydrogen) atoms. The number of piperidine rings is 1. The second-order valence-electron chi connectivity index (χ2n) is 9.19. The summed E-state index contributed by atoms with van der Waals surface area (Å²) in [4.78, 5) is 49.5. The molecule has 8 heteroatoms. The molecular weight excluding hydrogens is 460 g/mol. The number of amides is 3. The van der Waals surface area contributed by atoms with Gasteiger partial charge in [-0.3, -0.25) is 19.3 Å². The minimum atomic E-state index is -0.433. The molecule has 1 fully saturated rings. The smallest absolute Gasteiger partial charge is 0.264 e. The van der Waals surface area contributed by atoms with Gasteiger partial charge in [0.05, 0.1) is 28.8 Å².